The number of unbranched alkanes of at least 4 members (excludes halogenated alkanes) is 30. The van der Waals surface area contributed by atoms with Crippen molar-refractivity contribution in [2.45, 2.75) is 415 Å². The van der Waals surface area contributed by atoms with Crippen LogP contribution in [0.25, 0.3) is 0 Å². The molecule has 24 nitrogen and oxygen atoms in total. The lowest BCUT2D eigenvalue weighted by Gasteiger charge is -2.49. The zero-order chi connectivity index (χ0) is 74.2. The van der Waals surface area contributed by atoms with Gasteiger partial charge >= 0.3 is 25.7 Å². The van der Waals surface area contributed by atoms with Crippen LogP contribution < -0.4 is 0 Å². The second kappa shape index (κ2) is 56.0. The van der Waals surface area contributed by atoms with Crippen molar-refractivity contribution >= 4 is 25.7 Å². The van der Waals surface area contributed by atoms with Gasteiger partial charge in [0.15, 0.2) is 18.7 Å². The lowest BCUT2D eigenvalue weighted by atomic mass is 9.84. The molecule has 25 heteroatoms. The molecule has 20 unspecified atom stereocenters. The van der Waals surface area contributed by atoms with Crippen LogP contribution in [0.4, 0.5) is 0 Å². The van der Waals surface area contributed by atoms with Gasteiger partial charge in [0.05, 0.1) is 13.2 Å². The fourth-order valence-corrected chi connectivity index (χ4v) is 14.4. The highest BCUT2D eigenvalue weighted by molar-refractivity contribution is 7.47. The average Bonchev–Trinajstić information content (AvgIpc) is 0.762. The molecule has 2 heterocycles. The summed E-state index contributed by atoms with van der Waals surface area (Å²) in [4.78, 5) is 51.2. The third-order valence-corrected chi connectivity index (χ3v) is 21.1. The van der Waals surface area contributed by atoms with E-state index in [1.807, 2.05) is 0 Å². The number of hydrogen-bond donors (Lipinski definition) is 11. The molecule has 0 amide bonds. The van der Waals surface area contributed by atoms with Gasteiger partial charge in [-0.15, -0.1) is 0 Å². The van der Waals surface area contributed by atoms with E-state index in [0.29, 0.717) is 31.1 Å². The number of aliphatic hydroxyl groups excluding tert-OH is 10. The number of hydrogen-bond acceptors (Lipinski definition) is 23. The fourth-order valence-electron chi connectivity index (χ4n) is 13.4. The Bertz CT molecular complexity index is 2160. The van der Waals surface area contributed by atoms with Crippen molar-refractivity contribution in [1.29, 1.82) is 0 Å². The molecule has 0 aromatic carbocycles. The number of phosphoric ester groups is 1. The Kier molecular flexibility index (Phi) is 51.5. The number of allylic oxidation sites excluding steroid dienone is 2. The SMILES string of the molecule is CCCCCCCCC/C=C\CCCCCC(=O)OCC(COP(=O)(O)OC1C(OC2OC(CO)C(O)C(O)C2O)C(O)C(O)C(O)C1OC1OC(COC(=O)CCCCCCCCC(C)CCCCCCCC)C(O)C(O)C1O)OC(=O)CCCCCCCCC(C)CCCCCCCC. The Balaban J connectivity index is 1.73. The van der Waals surface area contributed by atoms with E-state index >= 15 is 0 Å². The Morgan fingerprint density at radius 3 is 1.18 bits per heavy atom. The zero-order valence-corrected chi connectivity index (χ0v) is 63.4. The molecule has 2 saturated heterocycles. The summed E-state index contributed by atoms with van der Waals surface area (Å²) in [6.07, 6.45) is 12.7. The minimum atomic E-state index is -5.70. The normalized spacial score (nSPS) is 27.8. The summed E-state index contributed by atoms with van der Waals surface area (Å²) in [5, 5.41) is 110. The third kappa shape index (κ3) is 39.4. The number of esters is 3. The van der Waals surface area contributed by atoms with E-state index in [2.05, 4.69) is 46.8 Å². The number of carbonyl (C=O) groups excluding carboxylic acids is 3. The standard InChI is InChI=1S/C76H141O24P/c1-6-9-12-15-18-19-20-21-22-23-24-25-34-41-48-60(78)92-52-57(95-62(80)50-43-36-29-27-33-40-47-56(5)45-38-31-17-14-11-8-3)53-94-101(90,91)100-74-72(98-75-70(88)65(83)63(81)58(51-77)96-75)68(86)67(85)69(87)73(74)99-76-71(89)66(84)64(82)59(97-76)54-93-61(79)49-42-35-28-26-32-39-46-55(4)44-37-30-16-13-10-7-2/h22-23,55-59,63-77,81-89H,6-21,24-54H2,1-5H3,(H,90,91)/b23-22-. The molecule has 1 saturated carbocycles. The Labute approximate surface area is 605 Å². The molecular weight excluding hydrogens is 1330 g/mol. The Hall–Kier alpha value is -2.30. The summed E-state index contributed by atoms with van der Waals surface area (Å²) in [5.41, 5.74) is 0. The van der Waals surface area contributed by atoms with Crippen molar-refractivity contribution in [1.82, 2.24) is 0 Å². The predicted molar refractivity (Wildman–Crippen MR) is 384 cm³/mol. The number of rotatable bonds is 61. The van der Waals surface area contributed by atoms with Gasteiger partial charge in [-0.1, -0.05) is 259 Å². The fraction of sp³-hybridized carbons (Fsp3) is 0.934. The zero-order valence-electron chi connectivity index (χ0n) is 62.5. The van der Waals surface area contributed by atoms with Crippen LogP contribution in [0.15, 0.2) is 12.2 Å². The Morgan fingerprint density at radius 1 is 0.406 bits per heavy atom. The van der Waals surface area contributed by atoms with Crippen molar-refractivity contribution < 1.29 is 117 Å². The molecule has 0 aromatic heterocycles. The molecule has 0 aromatic rings. The maximum absolute atomic E-state index is 14.4. The molecule has 101 heavy (non-hydrogen) atoms. The van der Waals surface area contributed by atoms with Gasteiger partial charge in [0.1, 0.15) is 98.7 Å². The summed E-state index contributed by atoms with van der Waals surface area (Å²) >= 11 is 0. The topological polar surface area (TPSA) is 374 Å². The maximum Gasteiger partial charge on any atom is 0.472 e. The smallest absolute Gasteiger partial charge is 0.463 e. The quantitative estimate of drug-likeness (QED) is 0.00886. The number of ether oxygens (including phenoxy) is 7. The van der Waals surface area contributed by atoms with Gasteiger partial charge in [0.2, 0.25) is 0 Å². The molecule has 11 N–H and O–H groups in total. The molecule has 0 spiro atoms. The van der Waals surface area contributed by atoms with Gasteiger partial charge in [0, 0.05) is 19.3 Å². The van der Waals surface area contributed by atoms with Gasteiger partial charge in [-0.05, 0) is 56.8 Å². The lowest BCUT2D eigenvalue weighted by molar-refractivity contribution is -0.360. The monoisotopic (exact) mass is 1470 g/mol. The molecule has 3 rings (SSSR count). The minimum absolute atomic E-state index is 0.0266. The van der Waals surface area contributed by atoms with Gasteiger partial charge < -0.3 is 89.1 Å². The van der Waals surface area contributed by atoms with Crippen molar-refractivity contribution in [3.05, 3.63) is 12.2 Å². The molecule has 2 aliphatic heterocycles. The van der Waals surface area contributed by atoms with Crippen LogP contribution in [-0.2, 0) is 61.2 Å². The van der Waals surface area contributed by atoms with Gasteiger partial charge in [-0.3, -0.25) is 23.4 Å². The third-order valence-electron chi connectivity index (χ3n) is 20.1. The highest BCUT2D eigenvalue weighted by atomic mass is 31.2. The summed E-state index contributed by atoms with van der Waals surface area (Å²) in [6.45, 7) is 8.09. The van der Waals surface area contributed by atoms with Crippen LogP contribution in [0, 0.1) is 11.8 Å². The highest BCUT2D eigenvalue weighted by Gasteiger charge is 2.58. The van der Waals surface area contributed by atoms with Crippen molar-refractivity contribution in [2.75, 3.05) is 26.4 Å². The van der Waals surface area contributed by atoms with E-state index in [4.69, 9.17) is 42.2 Å². The van der Waals surface area contributed by atoms with Crippen LogP contribution in [0.1, 0.15) is 311 Å². The number of aliphatic hydroxyl groups is 10. The first-order valence-corrected chi connectivity index (χ1v) is 41.3. The van der Waals surface area contributed by atoms with Gasteiger partial charge in [-0.2, -0.15) is 0 Å². The Morgan fingerprint density at radius 2 is 0.752 bits per heavy atom. The van der Waals surface area contributed by atoms with E-state index < -0.39 is 156 Å². The minimum Gasteiger partial charge on any atom is -0.463 e. The largest absolute Gasteiger partial charge is 0.472 e. The van der Waals surface area contributed by atoms with Gasteiger partial charge in [-0.25, -0.2) is 4.57 Å². The van der Waals surface area contributed by atoms with Crippen LogP contribution in [0.3, 0.4) is 0 Å². The van der Waals surface area contributed by atoms with Crippen molar-refractivity contribution in [2.24, 2.45) is 11.8 Å². The second-order valence-electron chi connectivity index (χ2n) is 29.3. The van der Waals surface area contributed by atoms with E-state index in [-0.39, 0.29) is 19.3 Å². The van der Waals surface area contributed by atoms with E-state index in [0.717, 1.165) is 96.3 Å². The molecule has 0 radical (unpaired) electrons. The molecule has 20 atom stereocenters. The highest BCUT2D eigenvalue weighted by Crippen LogP contribution is 2.49. The van der Waals surface area contributed by atoms with Crippen LogP contribution in [-0.4, -0.2) is 204 Å². The summed E-state index contributed by atoms with van der Waals surface area (Å²) in [6, 6.07) is 0. The lowest BCUT2D eigenvalue weighted by Crippen LogP contribution is -2.69. The van der Waals surface area contributed by atoms with Crippen molar-refractivity contribution in [3.8, 4) is 0 Å². The first-order valence-electron chi connectivity index (χ1n) is 39.8. The molecule has 0 bridgehead atoms. The van der Waals surface area contributed by atoms with Gasteiger partial charge in [0.25, 0.3) is 0 Å². The molecular formula is C76H141O24P. The van der Waals surface area contributed by atoms with E-state index in [1.165, 1.54) is 141 Å². The second-order valence-corrected chi connectivity index (χ2v) is 30.7. The molecule has 594 valence electrons. The molecule has 1 aliphatic carbocycles. The summed E-state index contributed by atoms with van der Waals surface area (Å²) < 4.78 is 65.2. The van der Waals surface area contributed by atoms with E-state index in [1.54, 1.807) is 0 Å². The van der Waals surface area contributed by atoms with Crippen LogP contribution >= 0.6 is 7.82 Å². The number of carbonyl (C=O) groups is 3. The molecule has 3 fully saturated rings. The van der Waals surface area contributed by atoms with Crippen molar-refractivity contribution in [3.63, 3.8) is 0 Å². The summed E-state index contributed by atoms with van der Waals surface area (Å²) in [5.74, 6) is -0.628. The summed E-state index contributed by atoms with van der Waals surface area (Å²) in [7, 11) is -5.70. The maximum atomic E-state index is 14.4. The molecule has 3 aliphatic rings. The average molecular weight is 1470 g/mol. The number of phosphoric acid groups is 1. The first-order chi connectivity index (χ1) is 48.6. The predicted octanol–water partition coefficient (Wildman–Crippen LogP) is 11.6. The first kappa shape index (κ1) is 92.9. The van der Waals surface area contributed by atoms with E-state index in [9.17, 15) is 74.9 Å². The van der Waals surface area contributed by atoms with Crippen LogP contribution in [0.5, 0.6) is 0 Å². The van der Waals surface area contributed by atoms with Crippen LogP contribution in [0.2, 0.25) is 0 Å².